The number of likely N-dealkylation sites (tertiary alicyclic amines) is 1. The molecule has 1 aromatic carbocycles. The first-order valence-electron chi connectivity index (χ1n) is 8.49. The van der Waals surface area contributed by atoms with E-state index in [2.05, 4.69) is 22.3 Å². The lowest BCUT2D eigenvalue weighted by molar-refractivity contribution is -0.144. The highest BCUT2D eigenvalue weighted by Gasteiger charge is 2.42. The van der Waals surface area contributed by atoms with E-state index in [1.165, 1.54) is 0 Å². The van der Waals surface area contributed by atoms with Gasteiger partial charge in [0.05, 0.1) is 12.0 Å². The molecular formula is C18H24N2O2. The molecule has 2 unspecified atom stereocenters. The van der Waals surface area contributed by atoms with Gasteiger partial charge in [-0.2, -0.15) is 0 Å². The van der Waals surface area contributed by atoms with Gasteiger partial charge >= 0.3 is 0 Å². The number of fused-ring (bicyclic) bond motifs is 1. The standard InChI is InChI=1S/C18H24N2O2/c21-18(20-11-14-9-19-10-15(14)12-20)16-7-4-8-22-17(16)13-5-2-1-3-6-13/h1-3,5-6,14-17,19H,4,7-12H2/t14-,15+,16?,17?. The molecule has 1 N–H and O–H groups in total. The van der Waals surface area contributed by atoms with Crippen molar-refractivity contribution in [3.8, 4) is 0 Å². The number of carbonyl (C=O) groups excluding carboxylic acids is 1. The molecule has 3 aliphatic heterocycles. The molecule has 3 heterocycles. The minimum absolute atomic E-state index is 0.0112. The molecule has 4 rings (SSSR count). The number of nitrogens with one attached hydrogen (secondary N) is 1. The average Bonchev–Trinajstić information content (AvgIpc) is 3.17. The maximum atomic E-state index is 13.0. The molecule has 4 nitrogen and oxygen atoms in total. The molecule has 4 heteroatoms. The monoisotopic (exact) mass is 300 g/mol. The molecule has 0 spiro atoms. The van der Waals surface area contributed by atoms with Crippen LogP contribution in [-0.4, -0.2) is 43.6 Å². The van der Waals surface area contributed by atoms with E-state index in [0.29, 0.717) is 17.7 Å². The summed E-state index contributed by atoms with van der Waals surface area (Å²) in [5.41, 5.74) is 1.14. The summed E-state index contributed by atoms with van der Waals surface area (Å²) >= 11 is 0. The second-order valence-electron chi connectivity index (χ2n) is 6.87. The molecule has 0 radical (unpaired) electrons. The summed E-state index contributed by atoms with van der Waals surface area (Å²) in [6.07, 6.45) is 1.87. The second kappa shape index (κ2) is 6.01. The third kappa shape index (κ3) is 2.55. The van der Waals surface area contributed by atoms with Gasteiger partial charge in [0.1, 0.15) is 0 Å². The molecule has 0 aliphatic carbocycles. The van der Waals surface area contributed by atoms with Crippen molar-refractivity contribution in [2.75, 3.05) is 32.8 Å². The van der Waals surface area contributed by atoms with Crippen LogP contribution in [0.1, 0.15) is 24.5 Å². The van der Waals surface area contributed by atoms with Crippen molar-refractivity contribution in [2.45, 2.75) is 18.9 Å². The van der Waals surface area contributed by atoms with Crippen LogP contribution >= 0.6 is 0 Å². The molecule has 0 bridgehead atoms. The molecule has 118 valence electrons. The van der Waals surface area contributed by atoms with Crippen molar-refractivity contribution in [3.63, 3.8) is 0 Å². The highest BCUT2D eigenvalue weighted by atomic mass is 16.5. The zero-order valence-corrected chi connectivity index (χ0v) is 12.9. The lowest BCUT2D eigenvalue weighted by Gasteiger charge is -2.34. The largest absolute Gasteiger partial charge is 0.373 e. The van der Waals surface area contributed by atoms with Crippen LogP contribution in [0, 0.1) is 17.8 Å². The van der Waals surface area contributed by atoms with Crippen molar-refractivity contribution >= 4 is 5.91 Å². The smallest absolute Gasteiger partial charge is 0.228 e. The third-order valence-corrected chi connectivity index (χ3v) is 5.47. The van der Waals surface area contributed by atoms with Gasteiger partial charge in [0, 0.05) is 32.8 Å². The van der Waals surface area contributed by atoms with Crippen molar-refractivity contribution < 1.29 is 9.53 Å². The van der Waals surface area contributed by atoms with Crippen LogP contribution in [0.2, 0.25) is 0 Å². The topological polar surface area (TPSA) is 41.6 Å². The Labute approximate surface area is 131 Å². The number of carbonyl (C=O) groups is 1. The van der Waals surface area contributed by atoms with E-state index in [1.54, 1.807) is 0 Å². The third-order valence-electron chi connectivity index (χ3n) is 5.47. The zero-order chi connectivity index (χ0) is 14.9. The van der Waals surface area contributed by atoms with Crippen LogP contribution in [0.4, 0.5) is 0 Å². The van der Waals surface area contributed by atoms with Gasteiger partial charge in [-0.25, -0.2) is 0 Å². The molecule has 0 aromatic heterocycles. The summed E-state index contributed by atoms with van der Waals surface area (Å²) in [4.78, 5) is 15.1. The normalized spacial score (nSPS) is 34.6. The Balaban J connectivity index is 1.50. The molecule has 1 aromatic rings. The van der Waals surface area contributed by atoms with Gasteiger partial charge in [-0.05, 0) is 30.2 Å². The maximum absolute atomic E-state index is 13.0. The van der Waals surface area contributed by atoms with Crippen LogP contribution in [0.3, 0.4) is 0 Å². The van der Waals surface area contributed by atoms with Gasteiger partial charge < -0.3 is 15.0 Å². The maximum Gasteiger partial charge on any atom is 0.228 e. The minimum Gasteiger partial charge on any atom is -0.373 e. The Bertz CT molecular complexity index is 521. The summed E-state index contributed by atoms with van der Waals surface area (Å²) < 4.78 is 5.99. The highest BCUT2D eigenvalue weighted by molar-refractivity contribution is 5.80. The predicted molar refractivity (Wildman–Crippen MR) is 84.3 cm³/mol. The fourth-order valence-electron chi connectivity index (χ4n) is 4.28. The Kier molecular flexibility index (Phi) is 3.89. The first-order valence-corrected chi connectivity index (χ1v) is 8.49. The van der Waals surface area contributed by atoms with Gasteiger partial charge in [0.25, 0.3) is 0 Å². The first kappa shape index (κ1) is 14.2. The van der Waals surface area contributed by atoms with E-state index in [0.717, 1.165) is 51.2 Å². The Morgan fingerprint density at radius 1 is 1.14 bits per heavy atom. The Hall–Kier alpha value is -1.39. The summed E-state index contributed by atoms with van der Waals surface area (Å²) in [6, 6.07) is 10.2. The molecule has 22 heavy (non-hydrogen) atoms. The number of hydrogen-bond acceptors (Lipinski definition) is 3. The van der Waals surface area contributed by atoms with E-state index in [9.17, 15) is 4.79 Å². The van der Waals surface area contributed by atoms with E-state index < -0.39 is 0 Å². The molecule has 0 saturated carbocycles. The number of nitrogens with zero attached hydrogens (tertiary/aromatic N) is 1. The molecule has 3 fully saturated rings. The quantitative estimate of drug-likeness (QED) is 0.906. The molecular weight excluding hydrogens is 276 g/mol. The Morgan fingerprint density at radius 3 is 2.59 bits per heavy atom. The number of amides is 1. The van der Waals surface area contributed by atoms with Gasteiger partial charge in [0.15, 0.2) is 0 Å². The molecule has 3 saturated heterocycles. The van der Waals surface area contributed by atoms with E-state index in [4.69, 9.17) is 4.74 Å². The van der Waals surface area contributed by atoms with Crippen molar-refractivity contribution in [3.05, 3.63) is 35.9 Å². The van der Waals surface area contributed by atoms with Crippen LogP contribution < -0.4 is 5.32 Å². The molecule has 4 atom stereocenters. The van der Waals surface area contributed by atoms with Gasteiger partial charge in [0.2, 0.25) is 5.91 Å². The number of hydrogen-bond donors (Lipinski definition) is 1. The van der Waals surface area contributed by atoms with Crippen LogP contribution in [0.25, 0.3) is 0 Å². The van der Waals surface area contributed by atoms with E-state index >= 15 is 0 Å². The highest BCUT2D eigenvalue weighted by Crippen LogP contribution is 2.37. The Morgan fingerprint density at radius 2 is 1.86 bits per heavy atom. The van der Waals surface area contributed by atoms with Crippen molar-refractivity contribution in [1.82, 2.24) is 10.2 Å². The van der Waals surface area contributed by atoms with Gasteiger partial charge in [-0.3, -0.25) is 4.79 Å². The van der Waals surface area contributed by atoms with Crippen molar-refractivity contribution in [1.29, 1.82) is 0 Å². The lowest BCUT2D eigenvalue weighted by Crippen LogP contribution is -2.40. The number of rotatable bonds is 2. The van der Waals surface area contributed by atoms with Crippen molar-refractivity contribution in [2.24, 2.45) is 17.8 Å². The lowest BCUT2D eigenvalue weighted by atomic mass is 9.88. The average molecular weight is 300 g/mol. The number of ether oxygens (including phenoxy) is 1. The molecule has 1 amide bonds. The van der Waals surface area contributed by atoms with Crippen LogP contribution in [0.15, 0.2) is 30.3 Å². The second-order valence-corrected chi connectivity index (χ2v) is 6.87. The summed E-state index contributed by atoms with van der Waals surface area (Å²) in [7, 11) is 0. The van der Waals surface area contributed by atoms with Crippen LogP contribution in [0.5, 0.6) is 0 Å². The predicted octanol–water partition coefficient (Wildman–Crippen LogP) is 1.83. The number of benzene rings is 1. The van der Waals surface area contributed by atoms with E-state index in [-0.39, 0.29) is 12.0 Å². The summed E-state index contributed by atoms with van der Waals surface area (Å²) in [6.45, 7) is 4.75. The SMILES string of the molecule is O=C(C1CCCOC1c1ccccc1)N1C[C@H]2CNC[C@H]2C1. The summed E-state index contributed by atoms with van der Waals surface area (Å²) in [5, 5.41) is 3.44. The van der Waals surface area contributed by atoms with Crippen LogP contribution in [-0.2, 0) is 9.53 Å². The first-order chi connectivity index (χ1) is 10.8. The van der Waals surface area contributed by atoms with Gasteiger partial charge in [-0.15, -0.1) is 0 Å². The molecule has 3 aliphatic rings. The summed E-state index contributed by atoms with van der Waals surface area (Å²) in [5.74, 6) is 1.61. The van der Waals surface area contributed by atoms with Gasteiger partial charge in [-0.1, -0.05) is 30.3 Å². The zero-order valence-electron chi connectivity index (χ0n) is 12.9. The van der Waals surface area contributed by atoms with E-state index in [1.807, 2.05) is 18.2 Å². The minimum atomic E-state index is -0.0685. The fourth-order valence-corrected chi connectivity index (χ4v) is 4.28. The fraction of sp³-hybridized carbons (Fsp3) is 0.611.